The van der Waals surface area contributed by atoms with Crippen molar-refractivity contribution in [2.45, 2.75) is 27.1 Å². The summed E-state index contributed by atoms with van der Waals surface area (Å²) < 4.78 is 40.7. The fourth-order valence-electron chi connectivity index (χ4n) is 0.746. The molecule has 20 heavy (non-hydrogen) atoms. The van der Waals surface area contributed by atoms with Gasteiger partial charge in [-0.2, -0.15) is 23.4 Å². The Hall–Kier alpha value is -1.49. The molecule has 0 aromatic heterocycles. The van der Waals surface area contributed by atoms with Crippen molar-refractivity contribution >= 4 is 46.1 Å². The Labute approximate surface area is 124 Å². The summed E-state index contributed by atoms with van der Waals surface area (Å²) in [6.07, 6.45) is -4.61. The zero-order chi connectivity index (χ0) is 15.8. The number of nitrogens with one attached hydrogen (secondary N) is 3. The lowest BCUT2D eigenvalue weighted by Crippen LogP contribution is -2.42. The maximum Gasteiger partial charge on any atom is 0.484 e. The Bertz CT molecular complexity index is 422. The van der Waals surface area contributed by atoms with E-state index in [0.29, 0.717) is 18.0 Å². The molecule has 0 unspecified atom stereocenters. The minimum Gasteiger partial charge on any atom is -0.470 e. The van der Waals surface area contributed by atoms with E-state index in [0.717, 1.165) is 5.32 Å². The molecule has 6 nitrogen and oxygen atoms in total. The molecule has 0 radical (unpaired) electrons. The van der Waals surface area contributed by atoms with Crippen LogP contribution in [0.5, 0.6) is 0 Å². The topological polar surface area (TPSA) is 70.0 Å². The quantitative estimate of drug-likeness (QED) is 0.315. The largest absolute Gasteiger partial charge is 0.484 e. The van der Waals surface area contributed by atoms with Crippen LogP contribution in [0, 0.1) is 0 Å². The van der Waals surface area contributed by atoms with E-state index >= 15 is 0 Å². The first-order valence-electron chi connectivity index (χ1n) is 5.32. The van der Waals surface area contributed by atoms with Gasteiger partial charge in [0.25, 0.3) is 5.17 Å². The molecule has 0 fully saturated rings. The molecule has 11 heteroatoms. The molecule has 0 aliphatic rings. The van der Waals surface area contributed by atoms with Gasteiger partial charge in [-0.1, -0.05) is 0 Å². The lowest BCUT2D eigenvalue weighted by atomic mass is 10.3. The molecule has 0 spiro atoms. The maximum absolute atomic E-state index is 11.9. The lowest BCUT2D eigenvalue weighted by Gasteiger charge is -2.10. The fraction of sp³-hybridized carbons (Fsp3) is 0.556. The molecule has 0 bridgehead atoms. The molecular formula is C9H14F3N5OS2. The van der Waals surface area contributed by atoms with Gasteiger partial charge in [-0.25, -0.2) is 5.43 Å². The number of alkyl halides is 3. The Morgan fingerprint density at radius 3 is 2.05 bits per heavy atom. The summed E-state index contributed by atoms with van der Waals surface area (Å²) in [5.41, 5.74) is 5.22. The third-order valence-electron chi connectivity index (χ3n) is 1.69. The van der Waals surface area contributed by atoms with Crippen LogP contribution in [0.15, 0.2) is 10.2 Å². The van der Waals surface area contributed by atoms with Crippen LogP contribution in [0.2, 0.25) is 0 Å². The van der Waals surface area contributed by atoms with Crippen LogP contribution in [0.4, 0.5) is 13.2 Å². The van der Waals surface area contributed by atoms with Crippen LogP contribution >= 0.6 is 24.4 Å². The van der Waals surface area contributed by atoms with Crippen LogP contribution in [-0.2, 0) is 4.74 Å². The highest BCUT2D eigenvalue weighted by molar-refractivity contribution is 7.80. The molecule has 0 heterocycles. The molecule has 0 aromatic carbocycles. The summed E-state index contributed by atoms with van der Waals surface area (Å²) in [5, 5.41) is 8.00. The highest BCUT2D eigenvalue weighted by atomic mass is 32.1. The van der Waals surface area contributed by atoms with Gasteiger partial charge >= 0.3 is 6.30 Å². The van der Waals surface area contributed by atoms with Gasteiger partial charge in [0.2, 0.25) is 0 Å². The van der Waals surface area contributed by atoms with Crippen molar-refractivity contribution in [1.82, 2.24) is 16.2 Å². The van der Waals surface area contributed by atoms with E-state index in [9.17, 15) is 13.2 Å². The van der Waals surface area contributed by atoms with E-state index in [4.69, 9.17) is 17.0 Å². The predicted octanol–water partition coefficient (Wildman–Crippen LogP) is 1.63. The minimum absolute atomic E-state index is 0.0851. The van der Waals surface area contributed by atoms with Crippen molar-refractivity contribution in [2.24, 2.45) is 10.2 Å². The molecule has 0 saturated carbocycles. The molecule has 0 aliphatic heterocycles. The van der Waals surface area contributed by atoms with Crippen molar-refractivity contribution in [3.63, 3.8) is 0 Å². The van der Waals surface area contributed by atoms with Gasteiger partial charge in [-0.05, 0) is 45.2 Å². The first-order chi connectivity index (χ1) is 9.15. The number of ether oxygens (including phenoxy) is 1. The second-order valence-corrected chi connectivity index (χ2v) is 4.07. The predicted molar refractivity (Wildman–Crippen MR) is 78.5 cm³/mol. The highest BCUT2D eigenvalue weighted by Crippen LogP contribution is 2.08. The second-order valence-electron chi connectivity index (χ2n) is 3.29. The zero-order valence-electron chi connectivity index (χ0n) is 11.0. The highest BCUT2D eigenvalue weighted by Gasteiger charge is 2.28. The zero-order valence-corrected chi connectivity index (χ0v) is 12.6. The minimum atomic E-state index is -4.61. The molecule has 3 N–H and O–H groups in total. The molecule has 0 amide bonds. The van der Waals surface area contributed by atoms with Gasteiger partial charge in [-0.3, -0.25) is 10.7 Å². The van der Waals surface area contributed by atoms with E-state index in [-0.39, 0.29) is 5.17 Å². The first-order valence-corrected chi connectivity index (χ1v) is 6.14. The van der Waals surface area contributed by atoms with Gasteiger partial charge in [-0.15, -0.1) is 0 Å². The molecule has 0 aliphatic carbocycles. The molecule has 0 rings (SSSR count). The third kappa shape index (κ3) is 9.44. The van der Waals surface area contributed by atoms with E-state index in [1.807, 2.05) is 5.43 Å². The summed E-state index contributed by atoms with van der Waals surface area (Å²) in [4.78, 5) is 0. The normalized spacial score (nSPS) is 12.7. The van der Waals surface area contributed by atoms with Crippen molar-refractivity contribution in [3.05, 3.63) is 0 Å². The Balaban J connectivity index is 4.39. The van der Waals surface area contributed by atoms with Gasteiger partial charge in [0.1, 0.15) is 0 Å². The Kier molecular flexibility index (Phi) is 7.99. The van der Waals surface area contributed by atoms with Crippen LogP contribution in [0.25, 0.3) is 0 Å². The molecule has 0 aromatic rings. The first kappa shape index (κ1) is 18.5. The van der Waals surface area contributed by atoms with Gasteiger partial charge in [0, 0.05) is 0 Å². The average Bonchev–Trinajstić information content (AvgIpc) is 2.31. The number of hydrazone groups is 2. The maximum atomic E-state index is 11.9. The smallest absolute Gasteiger partial charge is 0.470 e. The summed E-state index contributed by atoms with van der Waals surface area (Å²) >= 11 is 9.17. The number of hydrogen-bond donors (Lipinski definition) is 3. The van der Waals surface area contributed by atoms with Crippen molar-refractivity contribution in [3.8, 4) is 0 Å². The molecule has 0 saturated heterocycles. The number of hydrogen-bond acceptors (Lipinski definition) is 5. The van der Waals surface area contributed by atoms with Crippen LogP contribution in [0.1, 0.15) is 20.8 Å². The Morgan fingerprint density at radius 2 is 1.60 bits per heavy atom. The van der Waals surface area contributed by atoms with Gasteiger partial charge in [0.05, 0.1) is 18.0 Å². The third-order valence-corrected chi connectivity index (χ3v) is 2.10. The van der Waals surface area contributed by atoms with Crippen molar-refractivity contribution in [2.75, 3.05) is 6.61 Å². The van der Waals surface area contributed by atoms with E-state index < -0.39 is 11.4 Å². The SMILES string of the molecule is CCOC(=S)N/N=C(C)/C(C)=N/NC(=S)NC(F)(F)F. The van der Waals surface area contributed by atoms with Crippen LogP contribution < -0.4 is 16.2 Å². The van der Waals surface area contributed by atoms with Crippen molar-refractivity contribution in [1.29, 1.82) is 0 Å². The summed E-state index contributed by atoms with van der Waals surface area (Å²) in [6, 6.07) is 0. The van der Waals surface area contributed by atoms with Gasteiger partial charge in [0.15, 0.2) is 5.11 Å². The number of nitrogens with zero attached hydrogens (tertiary/aromatic N) is 2. The number of halogens is 3. The summed E-state index contributed by atoms with van der Waals surface area (Å²) in [6.45, 7) is 5.28. The lowest BCUT2D eigenvalue weighted by molar-refractivity contribution is -0.141. The number of rotatable bonds is 4. The van der Waals surface area contributed by atoms with Crippen molar-refractivity contribution < 1.29 is 17.9 Å². The molecule has 0 atom stereocenters. The van der Waals surface area contributed by atoms with Crippen LogP contribution in [-0.4, -0.2) is 34.6 Å². The number of thiocarbonyl (C=S) groups is 2. The van der Waals surface area contributed by atoms with Crippen LogP contribution in [0.3, 0.4) is 0 Å². The second kappa shape index (κ2) is 8.64. The molecule has 114 valence electrons. The summed E-state index contributed by atoms with van der Waals surface area (Å²) in [5.74, 6) is 0. The van der Waals surface area contributed by atoms with E-state index in [1.165, 1.54) is 6.92 Å². The van der Waals surface area contributed by atoms with E-state index in [2.05, 4.69) is 27.8 Å². The Morgan fingerprint density at radius 1 is 1.10 bits per heavy atom. The standard InChI is InChI=1S/C9H14F3N5OS2/c1-4-18-8(20)17-15-6(3)5(2)14-16-7(19)13-9(10,11)12/h4H2,1-3H3,(H,17,20)(H2,13,16,19)/b14-5+,15-6+. The summed E-state index contributed by atoms with van der Waals surface area (Å²) in [7, 11) is 0. The van der Waals surface area contributed by atoms with Gasteiger partial charge < -0.3 is 4.74 Å². The average molecular weight is 329 g/mol. The molecular weight excluding hydrogens is 315 g/mol. The fourth-order valence-corrected chi connectivity index (χ4v) is 1.07. The van der Waals surface area contributed by atoms with E-state index in [1.54, 1.807) is 13.8 Å². The monoisotopic (exact) mass is 329 g/mol.